The van der Waals surface area contributed by atoms with Crippen LogP contribution in [0.3, 0.4) is 0 Å². The van der Waals surface area contributed by atoms with Crippen molar-refractivity contribution in [3.63, 3.8) is 0 Å². The van der Waals surface area contributed by atoms with Gasteiger partial charge in [-0.2, -0.15) is 4.31 Å². The second-order valence-corrected chi connectivity index (χ2v) is 11.2. The van der Waals surface area contributed by atoms with Crippen LogP contribution in [0.1, 0.15) is 73.5 Å². The van der Waals surface area contributed by atoms with E-state index in [-0.39, 0.29) is 35.8 Å². The molecule has 3 aliphatic heterocycles. The molecule has 1 unspecified atom stereocenters. The molecule has 0 spiro atoms. The number of likely N-dealkylation sites (tertiary alicyclic amines) is 1. The molecule has 1 aliphatic carbocycles. The van der Waals surface area contributed by atoms with E-state index in [9.17, 15) is 13.2 Å². The number of aromatic nitrogens is 1. The number of piperidine rings is 1. The normalized spacial score (nSPS) is 33.3. The van der Waals surface area contributed by atoms with Gasteiger partial charge < -0.3 is 14.7 Å². The number of amides is 1. The fraction of sp³-hybridized carbons (Fsp3) is 0.800. The van der Waals surface area contributed by atoms with Crippen molar-refractivity contribution in [1.29, 1.82) is 0 Å². The van der Waals surface area contributed by atoms with Crippen LogP contribution in [0.15, 0.2) is 10.6 Å². The van der Waals surface area contributed by atoms with Crippen LogP contribution in [0.25, 0.3) is 0 Å². The number of nitrogens with zero attached hydrogens (tertiary/aromatic N) is 3. The molecule has 4 aliphatic rings. The summed E-state index contributed by atoms with van der Waals surface area (Å²) in [5.74, 6) is 1.23. The van der Waals surface area contributed by atoms with Crippen molar-refractivity contribution in [3.05, 3.63) is 17.5 Å². The summed E-state index contributed by atoms with van der Waals surface area (Å²) in [6.07, 6.45) is 7.34. The van der Waals surface area contributed by atoms with Crippen molar-refractivity contribution in [2.45, 2.75) is 81.5 Å². The maximum atomic E-state index is 13.2. The van der Waals surface area contributed by atoms with E-state index in [0.717, 1.165) is 50.8 Å². The first kappa shape index (κ1) is 19.5. The molecule has 4 heterocycles. The zero-order valence-electron chi connectivity index (χ0n) is 16.9. The summed E-state index contributed by atoms with van der Waals surface area (Å²) in [4.78, 5) is 14.7. The molecule has 1 aromatic rings. The van der Waals surface area contributed by atoms with E-state index in [1.54, 1.807) is 10.4 Å². The average molecular weight is 423 g/mol. The van der Waals surface area contributed by atoms with Gasteiger partial charge in [0.2, 0.25) is 10.0 Å². The Morgan fingerprint density at radius 1 is 1.21 bits per heavy atom. The lowest BCUT2D eigenvalue weighted by molar-refractivity contribution is 0.0900. The molecule has 1 aromatic heterocycles. The van der Waals surface area contributed by atoms with Crippen LogP contribution >= 0.6 is 0 Å². The van der Waals surface area contributed by atoms with Crippen molar-refractivity contribution in [1.82, 2.24) is 19.7 Å². The SMILES string of the molecule is CN1CCC[C@@H]1CS(=O)(=O)N1[C@@H]2CC[C@H]1CC(NC(=O)c1cc(C3CC3)on1)C2. The van der Waals surface area contributed by atoms with E-state index >= 15 is 0 Å². The smallest absolute Gasteiger partial charge is 0.273 e. The van der Waals surface area contributed by atoms with E-state index in [4.69, 9.17) is 4.52 Å². The second-order valence-electron chi connectivity index (χ2n) is 9.30. The summed E-state index contributed by atoms with van der Waals surface area (Å²) < 4.78 is 33.4. The van der Waals surface area contributed by atoms with Crippen LogP contribution in [-0.2, 0) is 10.0 Å². The highest BCUT2D eigenvalue weighted by molar-refractivity contribution is 7.89. The molecule has 0 aromatic carbocycles. The van der Waals surface area contributed by atoms with E-state index in [1.165, 1.54) is 0 Å². The monoisotopic (exact) mass is 422 g/mol. The van der Waals surface area contributed by atoms with E-state index in [1.807, 2.05) is 7.05 Å². The van der Waals surface area contributed by atoms with Gasteiger partial charge in [0.05, 0.1) is 5.75 Å². The Morgan fingerprint density at radius 2 is 1.93 bits per heavy atom. The molecular formula is C20H30N4O4S. The molecule has 5 rings (SSSR count). The van der Waals surface area contributed by atoms with Gasteiger partial charge in [0.25, 0.3) is 5.91 Å². The lowest BCUT2D eigenvalue weighted by Gasteiger charge is -2.38. The summed E-state index contributed by atoms with van der Waals surface area (Å²) >= 11 is 0. The molecule has 160 valence electrons. The topological polar surface area (TPSA) is 95.8 Å². The molecule has 1 saturated carbocycles. The third-order valence-electron chi connectivity index (χ3n) is 7.14. The molecule has 1 amide bonds. The number of hydrogen-bond acceptors (Lipinski definition) is 6. The molecule has 3 saturated heterocycles. The minimum Gasteiger partial charge on any atom is -0.360 e. The Labute approximate surface area is 172 Å². The Morgan fingerprint density at radius 3 is 2.55 bits per heavy atom. The zero-order valence-corrected chi connectivity index (χ0v) is 17.7. The number of sulfonamides is 1. The fourth-order valence-electron chi connectivity index (χ4n) is 5.44. The van der Waals surface area contributed by atoms with Crippen molar-refractivity contribution in [2.75, 3.05) is 19.3 Å². The first-order valence-electron chi connectivity index (χ1n) is 10.9. The molecule has 0 radical (unpaired) electrons. The number of carbonyl (C=O) groups excluding carboxylic acids is 1. The predicted molar refractivity (Wildman–Crippen MR) is 107 cm³/mol. The van der Waals surface area contributed by atoms with Crippen molar-refractivity contribution in [2.24, 2.45) is 0 Å². The molecule has 4 fully saturated rings. The van der Waals surface area contributed by atoms with Crippen LogP contribution in [0.5, 0.6) is 0 Å². The van der Waals surface area contributed by atoms with Crippen LogP contribution in [0.4, 0.5) is 0 Å². The van der Waals surface area contributed by atoms with E-state index in [0.29, 0.717) is 24.5 Å². The number of fused-ring (bicyclic) bond motifs is 2. The minimum atomic E-state index is -3.29. The summed E-state index contributed by atoms with van der Waals surface area (Å²) in [7, 11) is -1.27. The predicted octanol–water partition coefficient (Wildman–Crippen LogP) is 1.70. The van der Waals surface area contributed by atoms with Gasteiger partial charge in [-0.3, -0.25) is 4.79 Å². The summed E-state index contributed by atoms with van der Waals surface area (Å²) in [6.45, 7) is 0.978. The van der Waals surface area contributed by atoms with E-state index < -0.39 is 10.0 Å². The Balaban J connectivity index is 1.22. The Kier molecular flexibility index (Phi) is 4.95. The standard InChI is InChI=1S/C20H30N4O4S/c1-23-8-2-3-17(23)12-29(26,27)24-15-6-7-16(24)10-14(9-15)21-20(25)18-11-19(28-22-18)13-4-5-13/h11,13-17H,2-10,12H2,1H3,(H,21,25)/t14?,15-,16+,17-/m1/s1. The molecular weight excluding hydrogens is 392 g/mol. The van der Waals surface area contributed by atoms with Gasteiger partial charge in [-0.25, -0.2) is 8.42 Å². The van der Waals surface area contributed by atoms with Gasteiger partial charge in [0, 0.05) is 36.2 Å². The highest BCUT2D eigenvalue weighted by Gasteiger charge is 2.47. The molecule has 4 atom stereocenters. The molecule has 1 N–H and O–H groups in total. The van der Waals surface area contributed by atoms with Crippen molar-refractivity contribution in [3.8, 4) is 0 Å². The lowest BCUT2D eigenvalue weighted by Crippen LogP contribution is -2.54. The summed E-state index contributed by atoms with van der Waals surface area (Å²) in [5.41, 5.74) is 0.332. The first-order chi connectivity index (χ1) is 13.9. The second kappa shape index (κ2) is 7.35. The number of hydrogen-bond donors (Lipinski definition) is 1. The maximum Gasteiger partial charge on any atom is 0.273 e. The molecule has 8 nitrogen and oxygen atoms in total. The van der Waals surface area contributed by atoms with Gasteiger partial charge in [0.15, 0.2) is 5.69 Å². The highest BCUT2D eigenvalue weighted by Crippen LogP contribution is 2.41. The summed E-state index contributed by atoms with van der Waals surface area (Å²) in [5, 5.41) is 6.99. The van der Waals surface area contributed by atoms with Crippen LogP contribution in [0, 0.1) is 0 Å². The number of carbonyl (C=O) groups is 1. The third kappa shape index (κ3) is 3.84. The van der Waals surface area contributed by atoms with Crippen LogP contribution in [0.2, 0.25) is 0 Å². The highest BCUT2D eigenvalue weighted by atomic mass is 32.2. The van der Waals surface area contributed by atoms with Gasteiger partial charge >= 0.3 is 0 Å². The van der Waals surface area contributed by atoms with Crippen LogP contribution in [-0.4, -0.2) is 72.2 Å². The van der Waals surface area contributed by atoms with Gasteiger partial charge in [-0.1, -0.05) is 5.16 Å². The summed E-state index contributed by atoms with van der Waals surface area (Å²) in [6, 6.07) is 1.86. The lowest BCUT2D eigenvalue weighted by atomic mass is 9.99. The molecule has 2 bridgehead atoms. The fourth-order valence-corrected chi connectivity index (χ4v) is 7.81. The van der Waals surface area contributed by atoms with Crippen molar-refractivity contribution < 1.29 is 17.7 Å². The van der Waals surface area contributed by atoms with Gasteiger partial charge in [-0.15, -0.1) is 0 Å². The number of nitrogens with one attached hydrogen (secondary N) is 1. The van der Waals surface area contributed by atoms with Gasteiger partial charge in [0.1, 0.15) is 5.76 Å². The average Bonchev–Trinajstić information content (AvgIpc) is 3.14. The Hall–Kier alpha value is -1.45. The minimum absolute atomic E-state index is 0.00454. The largest absolute Gasteiger partial charge is 0.360 e. The van der Waals surface area contributed by atoms with Gasteiger partial charge in [-0.05, 0) is 65.0 Å². The number of rotatable bonds is 6. The van der Waals surface area contributed by atoms with Crippen LogP contribution < -0.4 is 5.32 Å². The third-order valence-corrected chi connectivity index (χ3v) is 9.18. The molecule has 9 heteroatoms. The quantitative estimate of drug-likeness (QED) is 0.750. The maximum absolute atomic E-state index is 13.2. The zero-order chi connectivity index (χ0) is 20.2. The molecule has 29 heavy (non-hydrogen) atoms. The van der Waals surface area contributed by atoms with E-state index in [2.05, 4.69) is 15.4 Å². The Bertz CT molecular complexity index is 867. The first-order valence-corrected chi connectivity index (χ1v) is 12.5. The van der Waals surface area contributed by atoms with Crippen molar-refractivity contribution >= 4 is 15.9 Å².